The van der Waals surface area contributed by atoms with Crippen LogP contribution in [0, 0.1) is 10.1 Å². The van der Waals surface area contributed by atoms with E-state index in [9.17, 15) is 23.6 Å². The number of nitrogens with one attached hydrogen (secondary N) is 1. The van der Waals surface area contributed by atoms with E-state index in [0.717, 1.165) is 6.07 Å². The van der Waals surface area contributed by atoms with Crippen LogP contribution in [0.2, 0.25) is 0 Å². The van der Waals surface area contributed by atoms with Crippen molar-refractivity contribution in [1.82, 2.24) is 4.31 Å². The van der Waals surface area contributed by atoms with Gasteiger partial charge < -0.3 is 14.6 Å². The number of nitro groups is 1. The van der Waals surface area contributed by atoms with Crippen molar-refractivity contribution < 1.29 is 27.9 Å². The molecule has 1 saturated heterocycles. The molecule has 0 saturated carbocycles. The van der Waals surface area contributed by atoms with Crippen LogP contribution in [0.15, 0.2) is 46.4 Å². The largest absolute Gasteiger partial charge is 0.504 e. The van der Waals surface area contributed by atoms with Crippen molar-refractivity contribution in [1.29, 1.82) is 0 Å². The third-order valence-corrected chi connectivity index (χ3v) is 6.27. The van der Waals surface area contributed by atoms with Gasteiger partial charge in [-0.2, -0.15) is 9.41 Å². The number of ether oxygens (including phenoxy) is 2. The molecule has 3 rings (SSSR count). The summed E-state index contributed by atoms with van der Waals surface area (Å²) in [7, 11) is -2.44. The van der Waals surface area contributed by atoms with E-state index in [0.29, 0.717) is 11.3 Å². The molecule has 0 radical (unpaired) electrons. The smallest absolute Gasteiger partial charge is 0.295 e. The first kappa shape index (κ1) is 21.5. The monoisotopic (exact) mass is 436 g/mol. The Morgan fingerprint density at radius 2 is 2.00 bits per heavy atom. The van der Waals surface area contributed by atoms with Crippen LogP contribution < -0.4 is 10.2 Å². The third kappa shape index (κ3) is 4.67. The third-order valence-electron chi connectivity index (χ3n) is 4.38. The van der Waals surface area contributed by atoms with E-state index in [-0.39, 0.29) is 42.6 Å². The molecule has 2 N–H and O–H groups in total. The van der Waals surface area contributed by atoms with E-state index >= 15 is 0 Å². The number of hydrazone groups is 1. The fourth-order valence-corrected chi connectivity index (χ4v) is 4.25. The van der Waals surface area contributed by atoms with Crippen LogP contribution >= 0.6 is 0 Å². The number of hydrogen-bond donors (Lipinski definition) is 2. The molecule has 0 unspecified atom stereocenters. The molecule has 0 atom stereocenters. The van der Waals surface area contributed by atoms with Crippen molar-refractivity contribution in [3.05, 3.63) is 52.1 Å². The average molecular weight is 436 g/mol. The Kier molecular flexibility index (Phi) is 6.50. The average Bonchev–Trinajstić information content (AvgIpc) is 2.74. The van der Waals surface area contributed by atoms with Crippen LogP contribution in [0.4, 0.5) is 11.4 Å². The number of morpholine rings is 1. The zero-order chi connectivity index (χ0) is 21.7. The Bertz CT molecular complexity index is 1070. The molecular formula is C18H20N4O7S. The number of aromatic hydroxyl groups is 1. The number of phenolic OH excluding ortho intramolecular Hbond substituents is 1. The van der Waals surface area contributed by atoms with Crippen LogP contribution in [-0.4, -0.2) is 62.4 Å². The first-order chi connectivity index (χ1) is 14.3. The number of sulfonamides is 1. The highest BCUT2D eigenvalue weighted by Crippen LogP contribution is 2.29. The summed E-state index contributed by atoms with van der Waals surface area (Å²) in [6, 6.07) is 8.17. The van der Waals surface area contributed by atoms with Gasteiger partial charge in [-0.05, 0) is 35.9 Å². The van der Waals surface area contributed by atoms with E-state index in [2.05, 4.69) is 10.5 Å². The molecule has 1 aliphatic heterocycles. The van der Waals surface area contributed by atoms with Crippen molar-refractivity contribution in [2.45, 2.75) is 4.90 Å². The van der Waals surface area contributed by atoms with Gasteiger partial charge >= 0.3 is 0 Å². The van der Waals surface area contributed by atoms with Crippen LogP contribution in [0.5, 0.6) is 11.5 Å². The maximum atomic E-state index is 12.7. The maximum Gasteiger partial charge on any atom is 0.295 e. The zero-order valence-electron chi connectivity index (χ0n) is 16.0. The second-order valence-corrected chi connectivity index (χ2v) is 8.19. The van der Waals surface area contributed by atoms with Gasteiger partial charge in [0.25, 0.3) is 5.69 Å². The molecule has 0 amide bonds. The number of rotatable bonds is 7. The molecule has 160 valence electrons. The normalized spacial score (nSPS) is 15.2. The van der Waals surface area contributed by atoms with Crippen LogP contribution in [0.3, 0.4) is 0 Å². The minimum absolute atomic E-state index is 0.0231. The molecule has 0 aromatic heterocycles. The van der Waals surface area contributed by atoms with Gasteiger partial charge in [-0.15, -0.1) is 0 Å². The predicted molar refractivity (Wildman–Crippen MR) is 109 cm³/mol. The molecule has 12 heteroatoms. The van der Waals surface area contributed by atoms with E-state index in [1.807, 2.05) is 0 Å². The zero-order valence-corrected chi connectivity index (χ0v) is 16.8. The first-order valence-corrected chi connectivity index (χ1v) is 10.3. The van der Waals surface area contributed by atoms with Gasteiger partial charge in [0, 0.05) is 19.2 Å². The van der Waals surface area contributed by atoms with Gasteiger partial charge in [0.05, 0.1) is 36.4 Å². The summed E-state index contributed by atoms with van der Waals surface area (Å²) in [5, 5.41) is 25.2. The molecule has 0 aliphatic carbocycles. The number of benzene rings is 2. The fraction of sp³-hybridized carbons (Fsp3) is 0.278. The van der Waals surface area contributed by atoms with Gasteiger partial charge in [-0.1, -0.05) is 0 Å². The minimum atomic E-state index is -3.87. The molecule has 30 heavy (non-hydrogen) atoms. The number of anilines is 1. The number of hydrogen-bond acceptors (Lipinski definition) is 9. The summed E-state index contributed by atoms with van der Waals surface area (Å²) >= 11 is 0. The van der Waals surface area contributed by atoms with Crippen LogP contribution in [0.25, 0.3) is 0 Å². The summed E-state index contributed by atoms with van der Waals surface area (Å²) in [5.74, 6) is 0.220. The van der Waals surface area contributed by atoms with E-state index in [1.165, 1.54) is 35.8 Å². The molecule has 11 nitrogen and oxygen atoms in total. The number of methoxy groups -OCH3 is 1. The highest BCUT2D eigenvalue weighted by Gasteiger charge is 2.28. The van der Waals surface area contributed by atoms with E-state index in [1.54, 1.807) is 12.1 Å². The Morgan fingerprint density at radius 3 is 2.63 bits per heavy atom. The SMILES string of the molecule is COc1ccc(/C=N/Nc2ccc(S(=O)(=O)N3CCOCC3)cc2[N+](=O)[O-])cc1O. The molecule has 2 aromatic carbocycles. The van der Waals surface area contributed by atoms with Gasteiger partial charge in [0.2, 0.25) is 10.0 Å². The molecule has 2 aromatic rings. The van der Waals surface area contributed by atoms with Crippen molar-refractivity contribution >= 4 is 27.6 Å². The van der Waals surface area contributed by atoms with Gasteiger partial charge in [0.15, 0.2) is 11.5 Å². The summed E-state index contributed by atoms with van der Waals surface area (Å²) < 4.78 is 36.8. The molecule has 1 heterocycles. The lowest BCUT2D eigenvalue weighted by Gasteiger charge is -2.26. The molecular weight excluding hydrogens is 416 g/mol. The fourth-order valence-electron chi connectivity index (χ4n) is 2.82. The van der Waals surface area contributed by atoms with E-state index < -0.39 is 20.6 Å². The van der Waals surface area contributed by atoms with E-state index in [4.69, 9.17) is 9.47 Å². The standard InChI is InChI=1S/C18H20N4O7S/c1-28-18-5-2-13(10-17(18)23)12-19-20-15-4-3-14(11-16(15)22(24)25)30(26,27)21-6-8-29-9-7-21/h2-5,10-12,20,23H,6-9H2,1H3/b19-12+. The van der Waals surface area contributed by atoms with Crippen molar-refractivity contribution in [3.8, 4) is 11.5 Å². The van der Waals surface area contributed by atoms with Crippen LogP contribution in [-0.2, 0) is 14.8 Å². The maximum absolute atomic E-state index is 12.7. The van der Waals surface area contributed by atoms with Crippen molar-refractivity contribution in [2.75, 3.05) is 38.8 Å². The predicted octanol–water partition coefficient (Wildman–Crippen LogP) is 1.78. The molecule has 1 fully saturated rings. The highest BCUT2D eigenvalue weighted by atomic mass is 32.2. The molecule has 0 bridgehead atoms. The lowest BCUT2D eigenvalue weighted by atomic mass is 10.2. The summed E-state index contributed by atoms with van der Waals surface area (Å²) in [4.78, 5) is 10.6. The van der Waals surface area contributed by atoms with Gasteiger partial charge in [-0.3, -0.25) is 15.5 Å². The van der Waals surface area contributed by atoms with Gasteiger partial charge in [0.1, 0.15) is 5.69 Å². The topological polar surface area (TPSA) is 144 Å². The van der Waals surface area contributed by atoms with Crippen molar-refractivity contribution in [3.63, 3.8) is 0 Å². The quantitative estimate of drug-likeness (QED) is 0.380. The number of nitrogens with zero attached hydrogens (tertiary/aromatic N) is 3. The summed E-state index contributed by atoms with van der Waals surface area (Å²) in [6.07, 6.45) is 1.35. The van der Waals surface area contributed by atoms with Crippen LogP contribution in [0.1, 0.15) is 5.56 Å². The lowest BCUT2D eigenvalue weighted by molar-refractivity contribution is -0.384. The highest BCUT2D eigenvalue weighted by molar-refractivity contribution is 7.89. The Balaban J connectivity index is 1.82. The molecule has 1 aliphatic rings. The van der Waals surface area contributed by atoms with Crippen molar-refractivity contribution in [2.24, 2.45) is 5.10 Å². The second-order valence-electron chi connectivity index (χ2n) is 6.25. The Morgan fingerprint density at radius 1 is 1.27 bits per heavy atom. The second kappa shape index (κ2) is 9.07. The van der Waals surface area contributed by atoms with Gasteiger partial charge in [-0.25, -0.2) is 8.42 Å². The number of nitro benzene ring substituents is 1. The lowest BCUT2D eigenvalue weighted by Crippen LogP contribution is -2.40. The number of phenols is 1. The summed E-state index contributed by atoms with van der Waals surface area (Å²) in [6.45, 7) is 0.928. The minimum Gasteiger partial charge on any atom is -0.504 e. The first-order valence-electron chi connectivity index (χ1n) is 8.85. The summed E-state index contributed by atoms with van der Waals surface area (Å²) in [5.41, 5.74) is 2.65. The molecule has 0 spiro atoms. The Hall–Kier alpha value is -3.22. The Labute approximate surface area is 172 Å².